The molecule has 0 unspecified atom stereocenters. The van der Waals surface area contributed by atoms with Crippen molar-refractivity contribution in [3.63, 3.8) is 0 Å². The van der Waals surface area contributed by atoms with Crippen LogP contribution in [-0.2, 0) is 13.0 Å². The molecule has 2 fully saturated rings. The lowest BCUT2D eigenvalue weighted by atomic mass is 10.0. The molecular weight excluding hydrogens is 472 g/mol. The molecule has 0 bridgehead atoms. The van der Waals surface area contributed by atoms with E-state index in [0.29, 0.717) is 19.1 Å². The van der Waals surface area contributed by atoms with Gasteiger partial charge in [-0.25, -0.2) is 4.79 Å². The molecule has 3 N–H and O–H groups in total. The number of fused-ring (bicyclic) bond motifs is 2. The molecule has 6 rings (SSSR count). The van der Waals surface area contributed by atoms with Crippen LogP contribution >= 0.6 is 0 Å². The van der Waals surface area contributed by atoms with Crippen molar-refractivity contribution in [1.29, 1.82) is 0 Å². The van der Waals surface area contributed by atoms with E-state index in [4.69, 9.17) is 14.7 Å². The molecule has 1 atom stereocenters. The van der Waals surface area contributed by atoms with E-state index in [-0.39, 0.29) is 18.4 Å². The standard InChI is InChI=1S/C27H32N6O4/c34-20-14-18-4-1-2-6-21(18)24(15-20)32-11-7-22-23(16-32)29-26(30-25(22)31-12-8-28-9-13-31)37-17-19-5-3-10-33(19)27(35)36/h1-2,4,6,14-15,19,28,34H,3,5,7-13,16-17H2,(H,35,36)/t19-/m0/s1. The van der Waals surface area contributed by atoms with Crippen LogP contribution in [0.5, 0.6) is 11.8 Å². The first kappa shape index (κ1) is 23.6. The number of hydrogen-bond acceptors (Lipinski definition) is 8. The van der Waals surface area contributed by atoms with Gasteiger partial charge in [0.2, 0.25) is 0 Å². The molecular formula is C27H32N6O4. The minimum Gasteiger partial charge on any atom is -0.508 e. The summed E-state index contributed by atoms with van der Waals surface area (Å²) in [6.07, 6.45) is 1.49. The highest BCUT2D eigenvalue weighted by molar-refractivity contribution is 5.95. The van der Waals surface area contributed by atoms with Gasteiger partial charge < -0.3 is 35.0 Å². The minimum atomic E-state index is -0.909. The predicted molar refractivity (Wildman–Crippen MR) is 141 cm³/mol. The van der Waals surface area contributed by atoms with Crippen molar-refractivity contribution >= 4 is 28.4 Å². The van der Waals surface area contributed by atoms with Crippen LogP contribution in [0, 0.1) is 0 Å². The number of hydrogen-bond donors (Lipinski definition) is 3. The van der Waals surface area contributed by atoms with Gasteiger partial charge in [0.15, 0.2) is 0 Å². The van der Waals surface area contributed by atoms with Gasteiger partial charge >= 0.3 is 12.1 Å². The van der Waals surface area contributed by atoms with Crippen molar-refractivity contribution in [2.75, 3.05) is 55.7 Å². The number of phenols is 1. The number of nitrogens with one attached hydrogen (secondary N) is 1. The van der Waals surface area contributed by atoms with Crippen LogP contribution in [0.4, 0.5) is 16.3 Å². The number of phenolic OH excluding ortho intramolecular Hbond substituents is 1. The number of anilines is 2. The molecule has 2 aromatic carbocycles. The van der Waals surface area contributed by atoms with Crippen LogP contribution in [0.3, 0.4) is 0 Å². The number of rotatable bonds is 5. The molecule has 1 amide bonds. The second kappa shape index (κ2) is 9.93. The third-order valence-electron chi connectivity index (χ3n) is 7.63. The van der Waals surface area contributed by atoms with Crippen molar-refractivity contribution in [1.82, 2.24) is 20.2 Å². The van der Waals surface area contributed by atoms with Crippen molar-refractivity contribution in [2.45, 2.75) is 31.8 Å². The largest absolute Gasteiger partial charge is 0.508 e. The molecule has 0 spiro atoms. The second-order valence-electron chi connectivity index (χ2n) is 9.93. The quantitative estimate of drug-likeness (QED) is 0.483. The number of piperazine rings is 1. The molecule has 3 aliphatic rings. The zero-order valence-corrected chi connectivity index (χ0v) is 20.8. The SMILES string of the molecule is O=C(O)N1CCC[C@H]1COc1nc2c(c(N3CCNCC3)n1)CCN(c1cc(O)cc3ccccc13)C2. The maximum Gasteiger partial charge on any atom is 0.407 e. The maximum absolute atomic E-state index is 11.6. The number of aromatic hydroxyl groups is 1. The highest BCUT2D eigenvalue weighted by atomic mass is 16.5. The highest BCUT2D eigenvalue weighted by Gasteiger charge is 2.31. The smallest absolute Gasteiger partial charge is 0.407 e. The van der Waals surface area contributed by atoms with Crippen LogP contribution < -0.4 is 19.9 Å². The van der Waals surface area contributed by atoms with Gasteiger partial charge in [-0.3, -0.25) is 0 Å². The summed E-state index contributed by atoms with van der Waals surface area (Å²) in [4.78, 5) is 27.2. The normalized spacial score (nSPS) is 19.8. The molecule has 10 heteroatoms. The average Bonchev–Trinajstić information content (AvgIpc) is 3.40. The zero-order valence-electron chi connectivity index (χ0n) is 20.8. The van der Waals surface area contributed by atoms with E-state index in [1.807, 2.05) is 24.3 Å². The Hall–Kier alpha value is -3.79. The average molecular weight is 505 g/mol. The Labute approximate surface area is 215 Å². The summed E-state index contributed by atoms with van der Waals surface area (Å²) in [6, 6.07) is 11.8. The molecule has 1 aromatic heterocycles. The molecule has 194 valence electrons. The third-order valence-corrected chi connectivity index (χ3v) is 7.63. The Balaban J connectivity index is 1.32. The number of benzene rings is 2. The summed E-state index contributed by atoms with van der Waals surface area (Å²) in [5.74, 6) is 1.16. The van der Waals surface area contributed by atoms with E-state index in [9.17, 15) is 15.0 Å². The summed E-state index contributed by atoms with van der Waals surface area (Å²) in [5, 5.41) is 25.4. The van der Waals surface area contributed by atoms with E-state index in [1.54, 1.807) is 6.07 Å². The topological polar surface area (TPSA) is 114 Å². The molecule has 0 aliphatic carbocycles. The zero-order chi connectivity index (χ0) is 25.4. The Kier molecular flexibility index (Phi) is 6.33. The van der Waals surface area contributed by atoms with E-state index < -0.39 is 6.09 Å². The lowest BCUT2D eigenvalue weighted by Gasteiger charge is -2.35. The number of amides is 1. The number of nitrogens with zero attached hydrogens (tertiary/aromatic N) is 5. The fourth-order valence-corrected chi connectivity index (χ4v) is 5.77. The van der Waals surface area contributed by atoms with Crippen molar-refractivity contribution in [2.24, 2.45) is 0 Å². The summed E-state index contributed by atoms with van der Waals surface area (Å²) in [6.45, 7) is 5.65. The molecule has 4 heterocycles. The fourth-order valence-electron chi connectivity index (χ4n) is 5.77. The maximum atomic E-state index is 11.6. The van der Waals surface area contributed by atoms with Crippen LogP contribution in [0.25, 0.3) is 10.8 Å². The van der Waals surface area contributed by atoms with Gasteiger partial charge in [-0.15, -0.1) is 0 Å². The van der Waals surface area contributed by atoms with E-state index in [0.717, 1.165) is 85.5 Å². The number of ether oxygens (including phenoxy) is 1. The van der Waals surface area contributed by atoms with Crippen LogP contribution in [-0.4, -0.2) is 83.1 Å². The monoisotopic (exact) mass is 504 g/mol. The molecule has 37 heavy (non-hydrogen) atoms. The van der Waals surface area contributed by atoms with Crippen LogP contribution in [0.2, 0.25) is 0 Å². The molecule has 3 aliphatic heterocycles. The first-order valence-corrected chi connectivity index (χ1v) is 13.0. The molecule has 2 saturated heterocycles. The van der Waals surface area contributed by atoms with E-state index >= 15 is 0 Å². The summed E-state index contributed by atoms with van der Waals surface area (Å²) >= 11 is 0. The fraction of sp³-hybridized carbons (Fsp3) is 0.444. The molecule has 0 saturated carbocycles. The highest BCUT2D eigenvalue weighted by Crippen LogP contribution is 2.36. The van der Waals surface area contributed by atoms with Gasteiger partial charge in [0, 0.05) is 62.0 Å². The summed E-state index contributed by atoms with van der Waals surface area (Å²) in [7, 11) is 0. The Morgan fingerprint density at radius 3 is 2.76 bits per heavy atom. The molecule has 10 nitrogen and oxygen atoms in total. The van der Waals surface area contributed by atoms with Crippen molar-refractivity contribution in [3.8, 4) is 11.8 Å². The van der Waals surface area contributed by atoms with E-state index in [1.165, 1.54) is 4.90 Å². The number of aromatic nitrogens is 2. The van der Waals surface area contributed by atoms with Crippen molar-refractivity contribution < 1.29 is 19.7 Å². The number of carboxylic acid groups (broad SMARTS) is 1. The van der Waals surface area contributed by atoms with Crippen LogP contribution in [0.1, 0.15) is 24.1 Å². The van der Waals surface area contributed by atoms with Gasteiger partial charge in [-0.1, -0.05) is 24.3 Å². The first-order chi connectivity index (χ1) is 18.1. The summed E-state index contributed by atoms with van der Waals surface area (Å²) in [5.41, 5.74) is 3.04. The van der Waals surface area contributed by atoms with Gasteiger partial charge in [0.05, 0.1) is 18.3 Å². The first-order valence-electron chi connectivity index (χ1n) is 13.0. The minimum absolute atomic E-state index is 0.185. The van der Waals surface area contributed by atoms with Gasteiger partial charge in [0.25, 0.3) is 0 Å². The van der Waals surface area contributed by atoms with Gasteiger partial charge in [-0.2, -0.15) is 9.97 Å². The Morgan fingerprint density at radius 2 is 1.92 bits per heavy atom. The lowest BCUT2D eigenvalue weighted by Crippen LogP contribution is -2.45. The Morgan fingerprint density at radius 1 is 1.08 bits per heavy atom. The van der Waals surface area contributed by atoms with Gasteiger partial charge in [0.1, 0.15) is 18.2 Å². The number of carbonyl (C=O) groups is 1. The predicted octanol–water partition coefficient (Wildman–Crippen LogP) is 2.83. The van der Waals surface area contributed by atoms with Gasteiger partial charge in [-0.05, 0) is 30.7 Å². The second-order valence-corrected chi connectivity index (χ2v) is 9.93. The van der Waals surface area contributed by atoms with Crippen LogP contribution in [0.15, 0.2) is 36.4 Å². The Bertz CT molecular complexity index is 1310. The lowest BCUT2D eigenvalue weighted by molar-refractivity contribution is 0.121. The molecule has 3 aromatic rings. The van der Waals surface area contributed by atoms with Crippen molar-refractivity contribution in [3.05, 3.63) is 47.7 Å². The number of likely N-dealkylation sites (tertiary alicyclic amines) is 1. The van der Waals surface area contributed by atoms with E-state index in [2.05, 4.69) is 21.2 Å². The third kappa shape index (κ3) is 4.69. The summed E-state index contributed by atoms with van der Waals surface area (Å²) < 4.78 is 6.07. The molecule has 0 radical (unpaired) electrons.